The van der Waals surface area contributed by atoms with Crippen LogP contribution in [-0.2, 0) is 6.67 Å². The number of hydrogen-bond acceptors (Lipinski definition) is 5. The Balaban J connectivity index is 1.64. The van der Waals surface area contributed by atoms with Crippen LogP contribution in [0.4, 0.5) is 0 Å². The highest BCUT2D eigenvalue weighted by atomic mass is 32.1. The highest BCUT2D eigenvalue weighted by Gasteiger charge is 2.17. The Morgan fingerprint density at radius 1 is 1.06 bits per heavy atom. The molecular weight excluding hydrogens is 406 g/mol. The summed E-state index contributed by atoms with van der Waals surface area (Å²) < 4.78 is 7.51. The summed E-state index contributed by atoms with van der Waals surface area (Å²) in [6.45, 7) is 3.60. The predicted molar refractivity (Wildman–Crippen MR) is 126 cm³/mol. The number of hydrogen-bond donors (Lipinski definition) is 2. The number of aromatic nitrogens is 4. The predicted octanol–water partition coefficient (Wildman–Crippen LogP) is 5.92. The first-order chi connectivity index (χ1) is 15.2. The standard InChI is InChI=1S/C24H23N5OS/c1-2-3-13-25-15-29-24(31)30-23(28-29)20-14-18-17-11-7-8-12-19(17)26-22(18)21(27-20)16-9-5-4-6-10-16/h4-12,14,25-26H,2-3,13,15H2,1H3. The Bertz CT molecular complexity index is 1400. The summed E-state index contributed by atoms with van der Waals surface area (Å²) in [5.74, 6) is 0.423. The van der Waals surface area contributed by atoms with Gasteiger partial charge in [-0.25, -0.2) is 9.67 Å². The number of fused-ring (bicyclic) bond motifs is 3. The molecule has 7 heteroatoms. The van der Waals surface area contributed by atoms with Crippen molar-refractivity contribution in [1.29, 1.82) is 0 Å². The first-order valence-corrected chi connectivity index (χ1v) is 10.9. The van der Waals surface area contributed by atoms with Crippen LogP contribution in [0.2, 0.25) is 0 Å². The molecule has 0 aliphatic heterocycles. The molecule has 0 amide bonds. The average Bonchev–Trinajstić information content (AvgIpc) is 3.37. The van der Waals surface area contributed by atoms with E-state index in [-0.39, 0.29) is 0 Å². The molecule has 5 aromatic rings. The zero-order chi connectivity index (χ0) is 21.2. The lowest BCUT2D eigenvalue weighted by atomic mass is 10.1. The molecule has 2 N–H and O–H groups in total. The maximum atomic E-state index is 5.84. The summed E-state index contributed by atoms with van der Waals surface area (Å²) >= 11 is 5.39. The van der Waals surface area contributed by atoms with E-state index in [1.54, 1.807) is 4.68 Å². The monoisotopic (exact) mass is 429 g/mol. The molecule has 3 heterocycles. The van der Waals surface area contributed by atoms with Crippen LogP contribution in [0.1, 0.15) is 19.8 Å². The Morgan fingerprint density at radius 3 is 2.71 bits per heavy atom. The minimum absolute atomic E-state index is 0.334. The third-order valence-corrected chi connectivity index (χ3v) is 5.63. The van der Waals surface area contributed by atoms with Gasteiger partial charge < -0.3 is 9.40 Å². The second-order valence-electron chi connectivity index (χ2n) is 7.50. The van der Waals surface area contributed by atoms with E-state index >= 15 is 0 Å². The maximum Gasteiger partial charge on any atom is 0.288 e. The molecule has 0 fully saturated rings. The topological polar surface area (TPSA) is 71.7 Å². The summed E-state index contributed by atoms with van der Waals surface area (Å²) in [6, 6.07) is 20.4. The molecule has 0 saturated carbocycles. The van der Waals surface area contributed by atoms with Crippen molar-refractivity contribution in [2.75, 3.05) is 6.54 Å². The zero-order valence-corrected chi connectivity index (χ0v) is 18.1. The fourth-order valence-corrected chi connectivity index (χ4v) is 3.94. The van der Waals surface area contributed by atoms with Crippen molar-refractivity contribution < 1.29 is 4.42 Å². The number of pyridine rings is 1. The number of nitrogens with one attached hydrogen (secondary N) is 2. The van der Waals surface area contributed by atoms with Gasteiger partial charge in [-0.2, -0.15) is 0 Å². The molecule has 0 bridgehead atoms. The number of unbranched alkanes of at least 4 members (excludes halogenated alkanes) is 1. The van der Waals surface area contributed by atoms with Crippen LogP contribution in [0.3, 0.4) is 0 Å². The molecule has 156 valence electrons. The van der Waals surface area contributed by atoms with E-state index in [0.717, 1.165) is 52.4 Å². The van der Waals surface area contributed by atoms with E-state index in [1.807, 2.05) is 36.4 Å². The summed E-state index contributed by atoms with van der Waals surface area (Å²) in [5.41, 5.74) is 4.62. The molecule has 3 aromatic heterocycles. The second kappa shape index (κ2) is 8.45. The van der Waals surface area contributed by atoms with Crippen LogP contribution in [0.25, 0.3) is 44.6 Å². The van der Waals surface area contributed by atoms with Gasteiger partial charge in [0.25, 0.3) is 10.7 Å². The molecule has 6 nitrogen and oxygen atoms in total. The van der Waals surface area contributed by atoms with Gasteiger partial charge in [0.05, 0.1) is 17.9 Å². The van der Waals surface area contributed by atoms with Crippen LogP contribution in [0.5, 0.6) is 0 Å². The number of nitrogens with zero attached hydrogens (tertiary/aromatic N) is 3. The van der Waals surface area contributed by atoms with Crippen LogP contribution in [0, 0.1) is 4.84 Å². The summed E-state index contributed by atoms with van der Waals surface area (Å²) in [6.07, 6.45) is 2.25. The van der Waals surface area contributed by atoms with Crippen LogP contribution in [0.15, 0.2) is 65.1 Å². The van der Waals surface area contributed by atoms with Gasteiger partial charge in [-0.15, -0.1) is 5.10 Å². The Kier molecular flexibility index (Phi) is 5.36. The first kappa shape index (κ1) is 19.7. The molecular formula is C24H23N5OS. The fraction of sp³-hybridized carbons (Fsp3) is 0.208. The SMILES string of the molecule is CCCCNCn1nc(-c2cc3c([nH]c4ccccc43)c(-c3ccccc3)n2)oc1=S. The highest BCUT2D eigenvalue weighted by Crippen LogP contribution is 2.34. The molecule has 0 unspecified atom stereocenters. The smallest absolute Gasteiger partial charge is 0.288 e. The lowest BCUT2D eigenvalue weighted by Crippen LogP contribution is -2.20. The Morgan fingerprint density at radius 2 is 1.87 bits per heavy atom. The van der Waals surface area contributed by atoms with Crippen molar-refractivity contribution in [3.63, 3.8) is 0 Å². The minimum atomic E-state index is 0.334. The fourth-order valence-electron chi connectivity index (χ4n) is 3.76. The van der Waals surface area contributed by atoms with Crippen molar-refractivity contribution >= 4 is 34.0 Å². The largest absolute Gasteiger partial charge is 0.408 e. The van der Waals surface area contributed by atoms with Crippen molar-refractivity contribution in [3.05, 3.63) is 65.5 Å². The molecule has 31 heavy (non-hydrogen) atoms. The number of H-pyrrole nitrogens is 1. The number of aromatic amines is 1. The first-order valence-electron chi connectivity index (χ1n) is 10.5. The summed E-state index contributed by atoms with van der Waals surface area (Å²) in [4.78, 5) is 8.80. The van der Waals surface area contributed by atoms with Gasteiger partial charge in [-0.05, 0) is 37.3 Å². The maximum absolute atomic E-state index is 5.84. The van der Waals surface area contributed by atoms with Crippen LogP contribution >= 0.6 is 12.2 Å². The van der Waals surface area contributed by atoms with E-state index in [4.69, 9.17) is 21.6 Å². The van der Waals surface area contributed by atoms with Gasteiger partial charge in [-0.3, -0.25) is 5.32 Å². The summed E-state index contributed by atoms with van der Waals surface area (Å²) in [5, 5.41) is 10.2. The molecule has 0 atom stereocenters. The van der Waals surface area contributed by atoms with E-state index < -0.39 is 0 Å². The lowest BCUT2D eigenvalue weighted by Gasteiger charge is -2.05. The Labute approximate surface area is 184 Å². The van der Waals surface area contributed by atoms with Gasteiger partial charge in [0.1, 0.15) is 5.69 Å². The third kappa shape index (κ3) is 3.78. The van der Waals surface area contributed by atoms with Gasteiger partial charge in [-0.1, -0.05) is 61.9 Å². The van der Waals surface area contributed by atoms with Crippen molar-refractivity contribution in [2.45, 2.75) is 26.4 Å². The minimum Gasteiger partial charge on any atom is -0.408 e. The van der Waals surface area contributed by atoms with Gasteiger partial charge >= 0.3 is 0 Å². The molecule has 0 radical (unpaired) electrons. The molecule has 2 aromatic carbocycles. The lowest BCUT2D eigenvalue weighted by molar-refractivity contribution is 0.465. The molecule has 0 spiro atoms. The molecule has 0 saturated heterocycles. The van der Waals surface area contributed by atoms with Crippen LogP contribution in [-0.4, -0.2) is 26.3 Å². The second-order valence-corrected chi connectivity index (χ2v) is 7.85. The normalized spacial score (nSPS) is 11.5. The van der Waals surface area contributed by atoms with Gasteiger partial charge in [0, 0.05) is 21.9 Å². The molecule has 0 aliphatic rings. The highest BCUT2D eigenvalue weighted by molar-refractivity contribution is 7.71. The van der Waals surface area contributed by atoms with E-state index in [0.29, 0.717) is 23.1 Å². The van der Waals surface area contributed by atoms with E-state index in [2.05, 4.69) is 46.6 Å². The van der Waals surface area contributed by atoms with Gasteiger partial charge in [0.15, 0.2) is 0 Å². The average molecular weight is 430 g/mol. The van der Waals surface area contributed by atoms with Crippen molar-refractivity contribution in [3.8, 4) is 22.8 Å². The van der Waals surface area contributed by atoms with E-state index in [1.165, 1.54) is 0 Å². The van der Waals surface area contributed by atoms with Crippen LogP contribution < -0.4 is 5.32 Å². The quantitative estimate of drug-likeness (QED) is 0.248. The zero-order valence-electron chi connectivity index (χ0n) is 17.3. The number of rotatable bonds is 7. The third-order valence-electron chi connectivity index (χ3n) is 5.34. The molecule has 5 rings (SSSR count). The van der Waals surface area contributed by atoms with Gasteiger partial charge in [0.2, 0.25) is 0 Å². The van der Waals surface area contributed by atoms with Crippen molar-refractivity contribution in [2.24, 2.45) is 0 Å². The van der Waals surface area contributed by atoms with E-state index in [9.17, 15) is 0 Å². The summed E-state index contributed by atoms with van der Waals surface area (Å²) in [7, 11) is 0. The number of benzene rings is 2. The van der Waals surface area contributed by atoms with Crippen molar-refractivity contribution in [1.82, 2.24) is 25.1 Å². The molecule has 0 aliphatic carbocycles. The number of para-hydroxylation sites is 1. The Hall–Kier alpha value is -3.29.